The molecule has 1 aromatic rings. The third-order valence-corrected chi connectivity index (χ3v) is 4.17. The van der Waals surface area contributed by atoms with Crippen molar-refractivity contribution in [2.24, 2.45) is 0 Å². The van der Waals surface area contributed by atoms with Crippen molar-refractivity contribution in [2.75, 3.05) is 31.6 Å². The van der Waals surface area contributed by atoms with E-state index in [2.05, 4.69) is 51.8 Å². The number of likely N-dealkylation sites (N-methyl/N-ethyl adjacent to an activating group) is 1. The summed E-state index contributed by atoms with van der Waals surface area (Å²) in [6, 6.07) is 6.69. The molecule has 0 bridgehead atoms. The average Bonchev–Trinajstić information content (AvgIpc) is 2.29. The van der Waals surface area contributed by atoms with Crippen LogP contribution in [-0.4, -0.2) is 37.6 Å². The Morgan fingerprint density at radius 1 is 1.41 bits per heavy atom. The summed E-state index contributed by atoms with van der Waals surface area (Å²) < 4.78 is 0. The van der Waals surface area contributed by atoms with E-state index in [1.807, 2.05) is 6.07 Å². The Bertz CT molecular complexity index is 397. The molecule has 0 aliphatic carbocycles. The van der Waals surface area contributed by atoms with E-state index in [0.29, 0.717) is 6.04 Å². The number of hydrogen-bond donors (Lipinski definition) is 0. The molecule has 1 atom stereocenters. The molecule has 1 aliphatic rings. The Labute approximate surface area is 117 Å². The SMILES string of the molecule is CC1CN(C)CCN1c1cc(Cl)ccc1CBr. The molecule has 0 radical (unpaired) electrons. The molecule has 2 nitrogen and oxygen atoms in total. The van der Waals surface area contributed by atoms with E-state index in [1.54, 1.807) is 0 Å². The minimum atomic E-state index is 0.532. The second kappa shape index (κ2) is 5.59. The maximum atomic E-state index is 6.12. The fourth-order valence-electron chi connectivity index (χ4n) is 2.41. The van der Waals surface area contributed by atoms with Gasteiger partial charge in [0.25, 0.3) is 0 Å². The van der Waals surface area contributed by atoms with Gasteiger partial charge in [-0.2, -0.15) is 0 Å². The van der Waals surface area contributed by atoms with Crippen LogP contribution in [0.15, 0.2) is 18.2 Å². The molecule has 0 saturated carbocycles. The first-order valence-electron chi connectivity index (χ1n) is 5.91. The molecular weight excluding hydrogens is 300 g/mol. The monoisotopic (exact) mass is 316 g/mol. The third kappa shape index (κ3) is 2.95. The van der Waals surface area contributed by atoms with Crippen molar-refractivity contribution in [3.05, 3.63) is 28.8 Å². The number of halogens is 2. The summed E-state index contributed by atoms with van der Waals surface area (Å²) in [6.45, 7) is 5.55. The Balaban J connectivity index is 2.29. The lowest BCUT2D eigenvalue weighted by atomic mass is 10.1. The van der Waals surface area contributed by atoms with E-state index in [0.717, 1.165) is 30.0 Å². The highest BCUT2D eigenvalue weighted by Gasteiger charge is 2.23. The molecule has 0 spiro atoms. The Kier molecular flexibility index (Phi) is 4.34. The molecule has 4 heteroatoms. The first-order chi connectivity index (χ1) is 8.11. The Morgan fingerprint density at radius 3 is 2.82 bits per heavy atom. The third-order valence-electron chi connectivity index (χ3n) is 3.33. The highest BCUT2D eigenvalue weighted by Crippen LogP contribution is 2.29. The van der Waals surface area contributed by atoms with Crippen molar-refractivity contribution in [3.8, 4) is 0 Å². The summed E-state index contributed by atoms with van der Waals surface area (Å²) in [5, 5.41) is 1.69. The molecule has 1 heterocycles. The number of hydrogen-bond acceptors (Lipinski definition) is 2. The lowest BCUT2D eigenvalue weighted by Gasteiger charge is -2.40. The van der Waals surface area contributed by atoms with Crippen LogP contribution in [0, 0.1) is 0 Å². The van der Waals surface area contributed by atoms with Gasteiger partial charge in [-0.3, -0.25) is 0 Å². The minimum absolute atomic E-state index is 0.532. The molecule has 17 heavy (non-hydrogen) atoms. The second-order valence-electron chi connectivity index (χ2n) is 4.71. The Hall–Kier alpha value is -0.250. The molecule has 1 fully saturated rings. The highest BCUT2D eigenvalue weighted by atomic mass is 79.9. The molecule has 2 rings (SSSR count). The number of alkyl halides is 1. The number of piperazine rings is 1. The van der Waals surface area contributed by atoms with Gasteiger partial charge in [0.2, 0.25) is 0 Å². The zero-order chi connectivity index (χ0) is 12.4. The van der Waals surface area contributed by atoms with Crippen LogP contribution in [0.3, 0.4) is 0 Å². The van der Waals surface area contributed by atoms with E-state index in [1.165, 1.54) is 11.3 Å². The fraction of sp³-hybridized carbons (Fsp3) is 0.538. The number of benzene rings is 1. The molecule has 1 unspecified atom stereocenters. The molecule has 1 saturated heterocycles. The van der Waals surface area contributed by atoms with Crippen LogP contribution < -0.4 is 4.90 Å². The van der Waals surface area contributed by atoms with Crippen LogP contribution >= 0.6 is 27.5 Å². The van der Waals surface area contributed by atoms with E-state index >= 15 is 0 Å². The maximum Gasteiger partial charge on any atom is 0.0426 e. The van der Waals surface area contributed by atoms with E-state index in [-0.39, 0.29) is 0 Å². The Morgan fingerprint density at radius 2 is 2.18 bits per heavy atom. The van der Waals surface area contributed by atoms with Crippen molar-refractivity contribution < 1.29 is 0 Å². The van der Waals surface area contributed by atoms with E-state index in [9.17, 15) is 0 Å². The maximum absolute atomic E-state index is 6.12. The van der Waals surface area contributed by atoms with Gasteiger partial charge in [-0.25, -0.2) is 0 Å². The van der Waals surface area contributed by atoms with Gasteiger partial charge in [0, 0.05) is 41.7 Å². The van der Waals surface area contributed by atoms with E-state index in [4.69, 9.17) is 11.6 Å². The van der Waals surface area contributed by atoms with Crippen molar-refractivity contribution in [1.82, 2.24) is 4.90 Å². The molecule has 0 N–H and O–H groups in total. The first-order valence-corrected chi connectivity index (χ1v) is 7.41. The molecule has 1 aromatic carbocycles. The number of anilines is 1. The molecule has 0 amide bonds. The summed E-state index contributed by atoms with van der Waals surface area (Å²) in [6.07, 6.45) is 0. The largest absolute Gasteiger partial charge is 0.366 e. The summed E-state index contributed by atoms with van der Waals surface area (Å²) >= 11 is 9.67. The zero-order valence-electron chi connectivity index (χ0n) is 10.3. The van der Waals surface area contributed by atoms with Crippen LogP contribution in [-0.2, 0) is 5.33 Å². The van der Waals surface area contributed by atoms with Crippen LogP contribution in [0.4, 0.5) is 5.69 Å². The normalized spacial score (nSPS) is 21.9. The summed E-state index contributed by atoms with van der Waals surface area (Å²) in [4.78, 5) is 4.84. The van der Waals surface area contributed by atoms with Gasteiger partial charge in [0.15, 0.2) is 0 Å². The molecule has 94 valence electrons. The molecular formula is C13H18BrClN2. The lowest BCUT2D eigenvalue weighted by Crippen LogP contribution is -2.50. The summed E-state index contributed by atoms with van der Waals surface area (Å²) in [7, 11) is 2.18. The molecule has 1 aliphatic heterocycles. The van der Waals surface area contributed by atoms with E-state index < -0.39 is 0 Å². The topological polar surface area (TPSA) is 6.48 Å². The van der Waals surface area contributed by atoms with Gasteiger partial charge in [-0.15, -0.1) is 0 Å². The van der Waals surface area contributed by atoms with Crippen molar-refractivity contribution in [1.29, 1.82) is 0 Å². The fourth-order valence-corrected chi connectivity index (χ4v) is 3.06. The standard InChI is InChI=1S/C13H18BrClN2/c1-10-9-16(2)5-6-17(10)13-7-12(15)4-3-11(13)8-14/h3-4,7,10H,5-6,8-9H2,1-2H3. The average molecular weight is 318 g/mol. The predicted molar refractivity (Wildman–Crippen MR) is 78.4 cm³/mol. The number of rotatable bonds is 2. The van der Waals surface area contributed by atoms with Gasteiger partial charge >= 0.3 is 0 Å². The van der Waals surface area contributed by atoms with Crippen molar-refractivity contribution in [3.63, 3.8) is 0 Å². The van der Waals surface area contributed by atoms with Gasteiger partial charge in [0.05, 0.1) is 0 Å². The van der Waals surface area contributed by atoms with Crippen molar-refractivity contribution in [2.45, 2.75) is 18.3 Å². The van der Waals surface area contributed by atoms with Gasteiger partial charge < -0.3 is 9.80 Å². The second-order valence-corrected chi connectivity index (χ2v) is 5.71. The number of nitrogens with zero attached hydrogens (tertiary/aromatic N) is 2. The molecule has 0 aromatic heterocycles. The van der Waals surface area contributed by atoms with Gasteiger partial charge in [-0.1, -0.05) is 33.6 Å². The van der Waals surface area contributed by atoms with Gasteiger partial charge in [0.1, 0.15) is 0 Å². The van der Waals surface area contributed by atoms with Crippen LogP contribution in [0.5, 0.6) is 0 Å². The smallest absolute Gasteiger partial charge is 0.0426 e. The van der Waals surface area contributed by atoms with Crippen LogP contribution in [0.25, 0.3) is 0 Å². The lowest BCUT2D eigenvalue weighted by molar-refractivity contribution is 0.275. The summed E-state index contributed by atoms with van der Waals surface area (Å²) in [5.74, 6) is 0. The highest BCUT2D eigenvalue weighted by molar-refractivity contribution is 9.08. The van der Waals surface area contributed by atoms with Crippen molar-refractivity contribution >= 4 is 33.2 Å². The summed E-state index contributed by atoms with van der Waals surface area (Å²) in [5.41, 5.74) is 2.58. The first kappa shape index (κ1) is 13.2. The van der Waals surface area contributed by atoms with Crippen LogP contribution in [0.2, 0.25) is 5.02 Å². The van der Waals surface area contributed by atoms with Crippen LogP contribution in [0.1, 0.15) is 12.5 Å². The van der Waals surface area contributed by atoms with Gasteiger partial charge in [-0.05, 0) is 31.7 Å². The minimum Gasteiger partial charge on any atom is -0.366 e. The predicted octanol–water partition coefficient (Wildman–Crippen LogP) is 3.38. The quantitative estimate of drug-likeness (QED) is 0.772. The zero-order valence-corrected chi connectivity index (χ0v) is 12.6.